The molecule has 0 aromatic heterocycles. The fraction of sp³-hybridized carbons (Fsp3) is 0.875. The van der Waals surface area contributed by atoms with Crippen LogP contribution in [0.1, 0.15) is 33.6 Å². The highest BCUT2D eigenvalue weighted by molar-refractivity contribution is 4.45. The molecule has 0 spiro atoms. The summed E-state index contributed by atoms with van der Waals surface area (Å²) in [4.78, 5) is 0. The van der Waals surface area contributed by atoms with E-state index in [1.54, 1.807) is 6.61 Å². The second-order valence-electron chi connectivity index (χ2n) is 2.05. The number of hydrogen-bond donors (Lipinski definition) is 0. The fourth-order valence-electron chi connectivity index (χ4n) is 0.764. The van der Waals surface area contributed by atoms with Crippen LogP contribution in [0.25, 0.3) is 0 Å². The van der Waals surface area contributed by atoms with Crippen LogP contribution < -0.4 is 0 Å². The van der Waals surface area contributed by atoms with Crippen molar-refractivity contribution in [3.8, 4) is 0 Å². The quantitative estimate of drug-likeness (QED) is 0.534. The molecule has 0 aromatic carbocycles. The summed E-state index contributed by atoms with van der Waals surface area (Å²) >= 11 is 0. The van der Waals surface area contributed by atoms with Gasteiger partial charge in [-0.25, -0.2) is 0 Å². The van der Waals surface area contributed by atoms with Crippen molar-refractivity contribution in [2.24, 2.45) is 0 Å². The van der Waals surface area contributed by atoms with Crippen molar-refractivity contribution in [3.63, 3.8) is 0 Å². The van der Waals surface area contributed by atoms with Gasteiger partial charge in [-0.3, -0.25) is 0 Å². The smallest absolute Gasteiger partial charge is 0.158 e. The second kappa shape index (κ2) is 7.03. The number of rotatable bonds is 6. The van der Waals surface area contributed by atoms with Crippen LogP contribution in [0.15, 0.2) is 0 Å². The first-order valence-corrected chi connectivity index (χ1v) is 3.90. The molecule has 2 heteroatoms. The van der Waals surface area contributed by atoms with E-state index in [1.807, 2.05) is 13.8 Å². The highest BCUT2D eigenvalue weighted by Gasteiger charge is 2.04. The van der Waals surface area contributed by atoms with Crippen LogP contribution in [-0.2, 0) is 9.47 Å². The maximum atomic E-state index is 5.27. The summed E-state index contributed by atoms with van der Waals surface area (Å²) in [6.07, 6.45) is 2.04. The van der Waals surface area contributed by atoms with E-state index in [0.717, 1.165) is 19.4 Å². The van der Waals surface area contributed by atoms with E-state index in [9.17, 15) is 0 Å². The average Bonchev–Trinajstić information content (AvgIpc) is 1.90. The van der Waals surface area contributed by atoms with Gasteiger partial charge in [0.05, 0.1) is 6.61 Å². The van der Waals surface area contributed by atoms with Gasteiger partial charge in [0.2, 0.25) is 0 Å². The lowest BCUT2D eigenvalue weighted by molar-refractivity contribution is -0.119. The van der Waals surface area contributed by atoms with Crippen LogP contribution in [0.5, 0.6) is 0 Å². The molecule has 1 atom stereocenters. The monoisotopic (exact) mass is 145 g/mol. The third kappa shape index (κ3) is 4.77. The SMILES string of the molecule is C[CH]OC(CCC)OCC. The van der Waals surface area contributed by atoms with Crippen molar-refractivity contribution in [2.75, 3.05) is 6.61 Å². The van der Waals surface area contributed by atoms with Crippen LogP contribution in [0.4, 0.5) is 0 Å². The van der Waals surface area contributed by atoms with Crippen LogP contribution in [0, 0.1) is 6.61 Å². The minimum atomic E-state index is -0.0278. The summed E-state index contributed by atoms with van der Waals surface area (Å²) in [6.45, 7) is 8.35. The summed E-state index contributed by atoms with van der Waals surface area (Å²) in [6, 6.07) is 0. The summed E-state index contributed by atoms with van der Waals surface area (Å²) in [5.74, 6) is 0. The molecule has 0 aliphatic carbocycles. The first-order chi connectivity index (χ1) is 4.85. The zero-order valence-electron chi connectivity index (χ0n) is 7.09. The molecule has 1 radical (unpaired) electrons. The fourth-order valence-corrected chi connectivity index (χ4v) is 0.764. The van der Waals surface area contributed by atoms with E-state index in [4.69, 9.17) is 9.47 Å². The van der Waals surface area contributed by atoms with Crippen LogP contribution in [0.3, 0.4) is 0 Å². The summed E-state index contributed by atoms with van der Waals surface area (Å²) in [7, 11) is 0. The molecule has 0 bridgehead atoms. The van der Waals surface area contributed by atoms with Crippen molar-refractivity contribution < 1.29 is 9.47 Å². The lowest BCUT2D eigenvalue weighted by Crippen LogP contribution is -2.14. The summed E-state index contributed by atoms with van der Waals surface area (Å²) in [5, 5.41) is 0. The Balaban J connectivity index is 3.30. The third-order valence-electron chi connectivity index (χ3n) is 1.16. The number of ether oxygens (including phenoxy) is 2. The van der Waals surface area contributed by atoms with E-state index >= 15 is 0 Å². The largest absolute Gasteiger partial charge is 0.353 e. The Morgan fingerprint density at radius 2 is 2.10 bits per heavy atom. The lowest BCUT2D eigenvalue weighted by Gasteiger charge is -2.14. The molecule has 0 saturated carbocycles. The molecule has 0 aliphatic heterocycles. The van der Waals surface area contributed by atoms with Crippen molar-refractivity contribution in [1.82, 2.24) is 0 Å². The van der Waals surface area contributed by atoms with E-state index in [0.29, 0.717) is 0 Å². The summed E-state index contributed by atoms with van der Waals surface area (Å²) in [5.41, 5.74) is 0. The Hall–Kier alpha value is -0.0800. The van der Waals surface area contributed by atoms with E-state index in [2.05, 4.69) is 6.92 Å². The minimum absolute atomic E-state index is 0.0278. The van der Waals surface area contributed by atoms with Gasteiger partial charge in [-0.2, -0.15) is 0 Å². The van der Waals surface area contributed by atoms with Gasteiger partial charge < -0.3 is 9.47 Å². The van der Waals surface area contributed by atoms with Crippen molar-refractivity contribution >= 4 is 0 Å². The van der Waals surface area contributed by atoms with E-state index < -0.39 is 0 Å². The van der Waals surface area contributed by atoms with Gasteiger partial charge in [0.1, 0.15) is 0 Å². The Morgan fingerprint density at radius 1 is 1.40 bits per heavy atom. The topological polar surface area (TPSA) is 18.5 Å². The predicted octanol–water partition coefficient (Wildman–Crippen LogP) is 2.35. The zero-order valence-corrected chi connectivity index (χ0v) is 7.09. The zero-order chi connectivity index (χ0) is 7.82. The molecule has 0 rings (SSSR count). The van der Waals surface area contributed by atoms with Crippen molar-refractivity contribution in [3.05, 3.63) is 6.61 Å². The maximum absolute atomic E-state index is 5.27. The third-order valence-corrected chi connectivity index (χ3v) is 1.16. The molecule has 2 nitrogen and oxygen atoms in total. The minimum Gasteiger partial charge on any atom is -0.353 e. The van der Waals surface area contributed by atoms with E-state index in [-0.39, 0.29) is 6.29 Å². The van der Waals surface area contributed by atoms with Crippen molar-refractivity contribution in [1.29, 1.82) is 0 Å². The molecule has 61 valence electrons. The molecule has 1 unspecified atom stereocenters. The molecular weight excluding hydrogens is 128 g/mol. The normalized spacial score (nSPS) is 10.8. The maximum Gasteiger partial charge on any atom is 0.158 e. The average molecular weight is 145 g/mol. The van der Waals surface area contributed by atoms with Gasteiger partial charge in [0.25, 0.3) is 0 Å². The van der Waals surface area contributed by atoms with E-state index in [1.165, 1.54) is 0 Å². The van der Waals surface area contributed by atoms with Gasteiger partial charge >= 0.3 is 0 Å². The molecule has 0 fully saturated rings. The lowest BCUT2D eigenvalue weighted by atomic mass is 10.3. The Morgan fingerprint density at radius 3 is 2.50 bits per heavy atom. The van der Waals surface area contributed by atoms with Gasteiger partial charge in [-0.1, -0.05) is 13.3 Å². The van der Waals surface area contributed by atoms with Crippen molar-refractivity contribution in [2.45, 2.75) is 39.9 Å². The van der Waals surface area contributed by atoms with Crippen LogP contribution in [-0.4, -0.2) is 12.9 Å². The Bertz CT molecular complexity index is 50.0. The Kier molecular flexibility index (Phi) is 6.98. The highest BCUT2D eigenvalue weighted by Crippen LogP contribution is 2.04. The summed E-state index contributed by atoms with van der Waals surface area (Å²) < 4.78 is 10.4. The second-order valence-corrected chi connectivity index (χ2v) is 2.05. The molecule has 0 N–H and O–H groups in total. The first-order valence-electron chi connectivity index (χ1n) is 3.90. The molecule has 10 heavy (non-hydrogen) atoms. The van der Waals surface area contributed by atoms with Gasteiger partial charge in [0.15, 0.2) is 6.29 Å². The predicted molar refractivity (Wildman–Crippen MR) is 41.4 cm³/mol. The molecule has 0 saturated heterocycles. The van der Waals surface area contributed by atoms with Gasteiger partial charge in [-0.05, 0) is 20.3 Å². The molecule has 0 aromatic rings. The molecule has 0 heterocycles. The number of hydrogen-bond acceptors (Lipinski definition) is 2. The highest BCUT2D eigenvalue weighted by atomic mass is 16.7. The first kappa shape index (κ1) is 9.92. The standard InChI is InChI=1S/C8H17O2/c1-4-7-8(9-5-2)10-6-3/h5,8H,4,6-7H2,1-3H3. The van der Waals surface area contributed by atoms with Gasteiger partial charge in [0, 0.05) is 6.61 Å². The molecule has 0 aliphatic rings. The van der Waals surface area contributed by atoms with Crippen LogP contribution in [0.2, 0.25) is 0 Å². The molecular formula is C8H17O2. The Labute approximate surface area is 63.5 Å². The molecule has 0 amide bonds. The van der Waals surface area contributed by atoms with Crippen LogP contribution >= 0.6 is 0 Å². The van der Waals surface area contributed by atoms with Gasteiger partial charge in [-0.15, -0.1) is 0 Å².